The Labute approximate surface area is 127 Å². The second kappa shape index (κ2) is 8.21. The molecule has 1 heterocycles. The van der Waals surface area contributed by atoms with Gasteiger partial charge in [0.15, 0.2) is 0 Å². The third kappa shape index (κ3) is 4.45. The third-order valence-corrected chi connectivity index (χ3v) is 3.72. The summed E-state index contributed by atoms with van der Waals surface area (Å²) in [4.78, 5) is 4.20. The van der Waals surface area contributed by atoms with Crippen LogP contribution in [-0.2, 0) is 17.9 Å². The Morgan fingerprint density at radius 1 is 1.40 bits per heavy atom. The molecule has 0 saturated carbocycles. The molecule has 20 heavy (non-hydrogen) atoms. The SMILES string of the molecule is COCCNCc1cccc(Cl)c1OCc1nccs1. The van der Waals surface area contributed by atoms with E-state index in [9.17, 15) is 0 Å². The highest BCUT2D eigenvalue weighted by atomic mass is 35.5. The maximum absolute atomic E-state index is 6.22. The second-order valence-corrected chi connectivity index (χ2v) is 5.50. The molecule has 0 saturated heterocycles. The number of halogens is 1. The molecule has 0 aliphatic heterocycles. The number of nitrogens with zero attached hydrogens (tertiary/aromatic N) is 1. The number of methoxy groups -OCH3 is 1. The van der Waals surface area contributed by atoms with Crippen molar-refractivity contribution in [2.45, 2.75) is 13.2 Å². The second-order valence-electron chi connectivity index (χ2n) is 4.11. The largest absolute Gasteiger partial charge is 0.485 e. The summed E-state index contributed by atoms with van der Waals surface area (Å²) in [7, 11) is 1.68. The van der Waals surface area contributed by atoms with Crippen molar-refractivity contribution < 1.29 is 9.47 Å². The van der Waals surface area contributed by atoms with Gasteiger partial charge in [0.25, 0.3) is 0 Å². The van der Waals surface area contributed by atoms with Crippen molar-refractivity contribution in [1.29, 1.82) is 0 Å². The predicted octanol–water partition coefficient (Wildman–Crippen LogP) is 3.11. The van der Waals surface area contributed by atoms with E-state index in [1.807, 2.05) is 23.6 Å². The first-order chi connectivity index (χ1) is 9.81. The Balaban J connectivity index is 1.98. The van der Waals surface area contributed by atoms with Gasteiger partial charge in [0, 0.05) is 37.3 Å². The van der Waals surface area contributed by atoms with Gasteiger partial charge < -0.3 is 14.8 Å². The normalized spacial score (nSPS) is 10.7. The average Bonchev–Trinajstić information content (AvgIpc) is 2.96. The number of rotatable bonds is 8. The van der Waals surface area contributed by atoms with Crippen LogP contribution in [0.1, 0.15) is 10.6 Å². The lowest BCUT2D eigenvalue weighted by Crippen LogP contribution is -2.19. The van der Waals surface area contributed by atoms with Gasteiger partial charge in [0.05, 0.1) is 11.6 Å². The number of hydrogen-bond acceptors (Lipinski definition) is 5. The summed E-state index contributed by atoms with van der Waals surface area (Å²) in [5, 5.41) is 6.77. The van der Waals surface area contributed by atoms with Gasteiger partial charge in [0.1, 0.15) is 17.4 Å². The van der Waals surface area contributed by atoms with Crippen LogP contribution in [0.3, 0.4) is 0 Å². The Morgan fingerprint density at radius 3 is 3.05 bits per heavy atom. The predicted molar refractivity (Wildman–Crippen MR) is 81.5 cm³/mol. The molecule has 0 radical (unpaired) electrons. The third-order valence-electron chi connectivity index (χ3n) is 2.67. The monoisotopic (exact) mass is 312 g/mol. The summed E-state index contributed by atoms with van der Waals surface area (Å²) in [6.45, 7) is 2.59. The van der Waals surface area contributed by atoms with E-state index >= 15 is 0 Å². The molecule has 0 bridgehead atoms. The molecular weight excluding hydrogens is 296 g/mol. The molecule has 0 amide bonds. The summed E-state index contributed by atoms with van der Waals surface area (Å²) in [5.74, 6) is 0.717. The van der Waals surface area contributed by atoms with Gasteiger partial charge in [-0.2, -0.15) is 0 Å². The van der Waals surface area contributed by atoms with Crippen molar-refractivity contribution in [3.63, 3.8) is 0 Å². The van der Waals surface area contributed by atoms with Crippen LogP contribution in [0.4, 0.5) is 0 Å². The number of aromatic nitrogens is 1. The topological polar surface area (TPSA) is 43.4 Å². The van der Waals surface area contributed by atoms with Gasteiger partial charge in [-0.25, -0.2) is 4.98 Å². The van der Waals surface area contributed by atoms with Crippen LogP contribution in [0.15, 0.2) is 29.8 Å². The highest BCUT2D eigenvalue weighted by molar-refractivity contribution is 7.09. The van der Waals surface area contributed by atoms with Gasteiger partial charge in [-0.05, 0) is 6.07 Å². The first-order valence-electron chi connectivity index (χ1n) is 6.29. The zero-order valence-corrected chi connectivity index (χ0v) is 12.8. The Hall–Kier alpha value is -1.14. The Bertz CT molecular complexity index is 520. The molecule has 0 unspecified atom stereocenters. The minimum absolute atomic E-state index is 0.437. The molecule has 1 aromatic carbocycles. The number of para-hydroxylation sites is 1. The van der Waals surface area contributed by atoms with E-state index in [4.69, 9.17) is 21.1 Å². The van der Waals surface area contributed by atoms with E-state index in [0.29, 0.717) is 30.5 Å². The summed E-state index contributed by atoms with van der Waals surface area (Å²) in [6.07, 6.45) is 1.77. The molecule has 1 aromatic heterocycles. The zero-order chi connectivity index (χ0) is 14.2. The highest BCUT2D eigenvalue weighted by Crippen LogP contribution is 2.29. The summed E-state index contributed by atoms with van der Waals surface area (Å²) < 4.78 is 10.8. The number of benzene rings is 1. The minimum Gasteiger partial charge on any atom is -0.485 e. The lowest BCUT2D eigenvalue weighted by molar-refractivity contribution is 0.199. The van der Waals surface area contributed by atoms with E-state index in [0.717, 1.165) is 17.1 Å². The van der Waals surface area contributed by atoms with Crippen molar-refractivity contribution in [2.75, 3.05) is 20.3 Å². The molecule has 2 rings (SSSR count). The van der Waals surface area contributed by atoms with Crippen LogP contribution in [0, 0.1) is 0 Å². The summed E-state index contributed by atoms with van der Waals surface area (Å²) in [5.41, 5.74) is 1.03. The van der Waals surface area contributed by atoms with Crippen LogP contribution >= 0.6 is 22.9 Å². The first-order valence-corrected chi connectivity index (χ1v) is 7.55. The number of nitrogens with one attached hydrogen (secondary N) is 1. The van der Waals surface area contributed by atoms with E-state index in [2.05, 4.69) is 10.3 Å². The van der Waals surface area contributed by atoms with Gasteiger partial charge in [0.2, 0.25) is 0 Å². The van der Waals surface area contributed by atoms with Crippen LogP contribution in [0.2, 0.25) is 5.02 Å². The minimum atomic E-state index is 0.437. The molecule has 108 valence electrons. The van der Waals surface area contributed by atoms with Gasteiger partial charge >= 0.3 is 0 Å². The number of ether oxygens (including phenoxy) is 2. The smallest absolute Gasteiger partial charge is 0.143 e. The quantitative estimate of drug-likeness (QED) is 0.761. The van der Waals surface area contributed by atoms with Crippen LogP contribution in [-0.4, -0.2) is 25.2 Å². The standard InChI is InChI=1S/C14H17ClN2O2S/c1-18-7-5-16-9-11-3-2-4-12(15)14(11)19-10-13-17-6-8-20-13/h2-4,6,8,16H,5,7,9-10H2,1H3. The van der Waals surface area contributed by atoms with Crippen molar-refractivity contribution in [2.24, 2.45) is 0 Å². The number of hydrogen-bond donors (Lipinski definition) is 1. The highest BCUT2D eigenvalue weighted by Gasteiger charge is 2.09. The fourth-order valence-electron chi connectivity index (χ4n) is 1.71. The lowest BCUT2D eigenvalue weighted by atomic mass is 10.2. The van der Waals surface area contributed by atoms with E-state index in [1.54, 1.807) is 24.6 Å². The van der Waals surface area contributed by atoms with E-state index in [-0.39, 0.29) is 0 Å². The first kappa shape index (κ1) is 15.3. The average molecular weight is 313 g/mol. The van der Waals surface area contributed by atoms with E-state index < -0.39 is 0 Å². The van der Waals surface area contributed by atoms with Crippen molar-refractivity contribution >= 4 is 22.9 Å². The summed E-state index contributed by atoms with van der Waals surface area (Å²) in [6, 6.07) is 5.76. The van der Waals surface area contributed by atoms with Crippen molar-refractivity contribution in [3.05, 3.63) is 45.4 Å². The molecule has 0 atom stereocenters. The fraction of sp³-hybridized carbons (Fsp3) is 0.357. The van der Waals surface area contributed by atoms with E-state index in [1.165, 1.54) is 0 Å². The van der Waals surface area contributed by atoms with Gasteiger partial charge in [-0.15, -0.1) is 11.3 Å². The number of thiazole rings is 1. The van der Waals surface area contributed by atoms with Gasteiger partial charge in [-0.3, -0.25) is 0 Å². The maximum atomic E-state index is 6.22. The maximum Gasteiger partial charge on any atom is 0.143 e. The fourth-order valence-corrected chi connectivity index (χ4v) is 2.49. The van der Waals surface area contributed by atoms with Crippen molar-refractivity contribution in [3.8, 4) is 5.75 Å². The van der Waals surface area contributed by atoms with Crippen molar-refractivity contribution in [1.82, 2.24) is 10.3 Å². The molecule has 2 aromatic rings. The molecule has 0 spiro atoms. The molecule has 1 N–H and O–H groups in total. The zero-order valence-electron chi connectivity index (χ0n) is 11.3. The lowest BCUT2D eigenvalue weighted by Gasteiger charge is -2.13. The van der Waals surface area contributed by atoms with Crippen LogP contribution < -0.4 is 10.1 Å². The Kier molecular flexibility index (Phi) is 6.26. The molecule has 4 nitrogen and oxygen atoms in total. The molecule has 0 aliphatic carbocycles. The summed E-state index contributed by atoms with van der Waals surface area (Å²) >= 11 is 7.78. The van der Waals surface area contributed by atoms with Crippen LogP contribution in [0.25, 0.3) is 0 Å². The Morgan fingerprint density at radius 2 is 2.30 bits per heavy atom. The van der Waals surface area contributed by atoms with Crippen LogP contribution in [0.5, 0.6) is 5.75 Å². The van der Waals surface area contributed by atoms with Gasteiger partial charge in [-0.1, -0.05) is 23.7 Å². The molecule has 0 aliphatic rings. The molecule has 6 heteroatoms. The molecule has 0 fully saturated rings. The molecular formula is C14H17ClN2O2S.